The Morgan fingerprint density at radius 1 is 0.894 bits per heavy atom. The number of para-hydroxylation sites is 2. The van der Waals surface area contributed by atoms with E-state index in [1.165, 1.54) is 59.3 Å². The lowest BCUT2D eigenvalue weighted by Gasteiger charge is -2.39. The zero-order valence-corrected chi connectivity index (χ0v) is 25.6. The maximum atomic E-state index is 12.7. The van der Waals surface area contributed by atoms with Crippen LogP contribution in [0, 0.1) is 6.92 Å². The van der Waals surface area contributed by atoms with Gasteiger partial charge in [0.1, 0.15) is 49.1 Å². The van der Waals surface area contributed by atoms with E-state index in [1.807, 2.05) is 0 Å². The van der Waals surface area contributed by atoms with Crippen molar-refractivity contribution in [1.82, 2.24) is 9.55 Å². The molecule has 6 N–H and O–H groups in total. The predicted octanol–water partition coefficient (Wildman–Crippen LogP) is -1.35. The molecule has 47 heavy (non-hydrogen) atoms. The molecular weight excluding hydrogens is 648 g/mol. The van der Waals surface area contributed by atoms with Gasteiger partial charge in [0.25, 0.3) is 0 Å². The highest BCUT2D eigenvalue weighted by Gasteiger charge is 2.45. The van der Waals surface area contributed by atoms with Crippen molar-refractivity contribution in [2.45, 2.75) is 69.1 Å². The first-order valence-electron chi connectivity index (χ1n) is 14.3. The number of ether oxygens (including phenoxy) is 4. The molecule has 3 heterocycles. The number of hydrogen-bond donors (Lipinski definition) is 6. The quantitative estimate of drug-likeness (QED) is 0.129. The maximum Gasteiger partial charge on any atom is 0.501 e. The van der Waals surface area contributed by atoms with E-state index in [9.17, 15) is 43.9 Å². The third-order valence-corrected chi connectivity index (χ3v) is 8.19. The molecule has 2 fully saturated rings. The Morgan fingerprint density at radius 3 is 2.23 bits per heavy atom. The maximum absolute atomic E-state index is 12.7. The number of nitrogens with zero attached hydrogens (tertiary/aromatic N) is 2. The van der Waals surface area contributed by atoms with E-state index in [4.69, 9.17) is 27.3 Å². The summed E-state index contributed by atoms with van der Waals surface area (Å²) in [5.74, 6) is -0.610. The van der Waals surface area contributed by atoms with E-state index in [0.717, 1.165) is 0 Å². The lowest BCUT2D eigenvalue weighted by atomic mass is 9.99. The van der Waals surface area contributed by atoms with Gasteiger partial charge in [0.05, 0.1) is 19.3 Å². The number of benzene rings is 2. The lowest BCUT2D eigenvalue weighted by Crippen LogP contribution is -2.60. The van der Waals surface area contributed by atoms with Crippen LogP contribution in [0.3, 0.4) is 0 Å². The Labute approximate surface area is 268 Å². The van der Waals surface area contributed by atoms with Crippen molar-refractivity contribution in [3.8, 4) is 23.1 Å². The van der Waals surface area contributed by atoms with Crippen LogP contribution in [0.25, 0.3) is 0 Å². The van der Waals surface area contributed by atoms with Crippen molar-refractivity contribution in [1.29, 1.82) is 0 Å². The van der Waals surface area contributed by atoms with E-state index < -0.39 is 71.8 Å². The number of hydrogen-bond acceptors (Lipinski definition) is 16. The number of aromatic nitrogens is 2. The Kier molecular flexibility index (Phi) is 10.6. The van der Waals surface area contributed by atoms with E-state index in [0.29, 0.717) is 11.1 Å². The average molecular weight is 683 g/mol. The Balaban J connectivity index is 1.19. The summed E-state index contributed by atoms with van der Waals surface area (Å²) in [7, 11) is -4.73. The highest BCUT2D eigenvalue weighted by molar-refractivity contribution is 7.82. The summed E-state index contributed by atoms with van der Waals surface area (Å²) >= 11 is 0. The fourth-order valence-electron chi connectivity index (χ4n) is 4.90. The topological polar surface area (TPSA) is 246 Å². The van der Waals surface area contributed by atoms with Gasteiger partial charge in [0.2, 0.25) is 12.2 Å². The molecule has 2 saturated heterocycles. The fraction of sp³-hybridized carbons (Fsp3) is 0.448. The van der Waals surface area contributed by atoms with Gasteiger partial charge in [-0.2, -0.15) is 4.98 Å². The van der Waals surface area contributed by atoms with E-state index in [2.05, 4.69) is 4.98 Å². The third-order valence-electron chi connectivity index (χ3n) is 7.41. The van der Waals surface area contributed by atoms with E-state index in [-0.39, 0.29) is 42.8 Å². The second-order valence-electron chi connectivity index (χ2n) is 10.8. The van der Waals surface area contributed by atoms with Crippen molar-refractivity contribution in [2.75, 3.05) is 13.2 Å². The number of aliphatic hydroxyl groups excluding tert-OH is 6. The summed E-state index contributed by atoms with van der Waals surface area (Å²) in [6, 6.07) is 11.2. The monoisotopic (exact) mass is 682 g/mol. The number of aliphatic hydroxyl groups is 6. The zero-order chi connectivity index (χ0) is 33.9. The number of rotatable bonds is 12. The minimum atomic E-state index is -4.73. The van der Waals surface area contributed by atoms with Crippen molar-refractivity contribution >= 4 is 10.4 Å². The normalized spacial score (nSPS) is 27.7. The van der Waals surface area contributed by atoms with Gasteiger partial charge in [-0.25, -0.2) is 4.79 Å². The molecular formula is C29H34N2O15S. The third kappa shape index (κ3) is 8.00. The number of aryl methyl sites for hydroxylation is 1. The summed E-state index contributed by atoms with van der Waals surface area (Å²) < 4.78 is 58.8. The van der Waals surface area contributed by atoms with Gasteiger partial charge in [-0.1, -0.05) is 24.3 Å². The van der Waals surface area contributed by atoms with Crippen LogP contribution in [0.4, 0.5) is 0 Å². The molecule has 5 rings (SSSR count). The molecule has 3 aromatic rings. The van der Waals surface area contributed by atoms with Crippen molar-refractivity contribution in [3.63, 3.8) is 0 Å². The van der Waals surface area contributed by atoms with Crippen molar-refractivity contribution in [2.24, 2.45) is 0 Å². The molecule has 2 aliphatic rings. The SMILES string of the molecule is Cc1cn([C@H]2CC(O)[C@@H](CO)O2)c(=O)nc1OCc1ccc(OS(=O)(=O)Oc2ccccc2O[C@@H]2O[C@H](CO)[C@H](O)[C@H](O)[C@H]2O)cc1. The first-order valence-corrected chi connectivity index (χ1v) is 15.7. The van der Waals surface area contributed by atoms with Crippen LogP contribution >= 0.6 is 0 Å². The molecule has 256 valence electrons. The minimum Gasteiger partial charge on any atom is -0.472 e. The van der Waals surface area contributed by atoms with Crippen LogP contribution in [-0.4, -0.2) is 105 Å². The molecule has 0 amide bonds. The zero-order valence-electron chi connectivity index (χ0n) is 24.8. The molecule has 0 spiro atoms. The van der Waals surface area contributed by atoms with Crippen molar-refractivity contribution in [3.05, 3.63) is 76.3 Å². The Bertz CT molecular complexity index is 1680. The van der Waals surface area contributed by atoms with Crippen LogP contribution < -0.4 is 23.5 Å². The molecule has 0 radical (unpaired) electrons. The standard InChI is InChI=1S/C29H34N2O15S/c1-15-11-31(23-10-18(34)21(12-32)42-23)29(38)30-27(15)41-14-16-6-8-17(9-7-16)45-47(39,40)46-20-5-3-2-4-19(20)43-28-26(37)25(36)24(35)22(13-33)44-28/h2-9,11,18,21-26,28,32-37H,10,12-14H2,1H3/t18?,21-,22-,23-,24+,25+,26-,28-/m1/s1. The molecule has 1 aromatic heterocycles. The molecule has 2 aromatic carbocycles. The van der Waals surface area contributed by atoms with Gasteiger partial charge < -0.3 is 58.0 Å². The van der Waals surface area contributed by atoms with Gasteiger partial charge in [-0.05, 0) is 36.8 Å². The minimum absolute atomic E-state index is 0.0330. The second kappa shape index (κ2) is 14.5. The van der Waals surface area contributed by atoms with Crippen LogP contribution in [0.15, 0.2) is 59.5 Å². The summed E-state index contributed by atoms with van der Waals surface area (Å²) in [6.07, 6.45) is -8.80. The highest BCUT2D eigenvalue weighted by atomic mass is 32.3. The van der Waals surface area contributed by atoms with Crippen molar-refractivity contribution < 1.29 is 66.4 Å². The summed E-state index contributed by atoms with van der Waals surface area (Å²) in [4.78, 5) is 16.5. The van der Waals surface area contributed by atoms with Gasteiger partial charge in [0, 0.05) is 18.2 Å². The molecule has 1 unspecified atom stereocenters. The van der Waals surface area contributed by atoms with Gasteiger partial charge in [-0.15, -0.1) is 8.42 Å². The molecule has 0 bridgehead atoms. The van der Waals surface area contributed by atoms with Gasteiger partial charge in [0.15, 0.2) is 11.5 Å². The molecule has 0 saturated carbocycles. The fourth-order valence-corrected chi connectivity index (χ4v) is 5.64. The van der Waals surface area contributed by atoms with Crippen LogP contribution in [-0.2, 0) is 26.5 Å². The first kappa shape index (κ1) is 34.5. The van der Waals surface area contributed by atoms with Gasteiger partial charge >= 0.3 is 16.1 Å². The lowest BCUT2D eigenvalue weighted by molar-refractivity contribution is -0.277. The average Bonchev–Trinajstić information content (AvgIpc) is 3.42. The smallest absolute Gasteiger partial charge is 0.472 e. The van der Waals surface area contributed by atoms with Crippen LogP contribution in [0.1, 0.15) is 23.8 Å². The molecule has 18 heteroatoms. The first-order chi connectivity index (χ1) is 22.4. The van der Waals surface area contributed by atoms with E-state index in [1.54, 1.807) is 6.92 Å². The Morgan fingerprint density at radius 2 is 1.57 bits per heavy atom. The van der Waals surface area contributed by atoms with E-state index >= 15 is 0 Å². The molecule has 2 aliphatic heterocycles. The second-order valence-corrected chi connectivity index (χ2v) is 12.0. The molecule has 8 atom stereocenters. The summed E-state index contributed by atoms with van der Waals surface area (Å²) in [5.41, 5.74) is 0.414. The highest BCUT2D eigenvalue weighted by Crippen LogP contribution is 2.33. The van der Waals surface area contributed by atoms with Crippen LogP contribution in [0.5, 0.6) is 23.1 Å². The largest absolute Gasteiger partial charge is 0.501 e. The van der Waals surface area contributed by atoms with Crippen LogP contribution in [0.2, 0.25) is 0 Å². The predicted molar refractivity (Wildman–Crippen MR) is 157 cm³/mol. The summed E-state index contributed by atoms with van der Waals surface area (Å²) in [5, 5.41) is 58.9. The Hall–Kier alpha value is -3.85. The molecule has 0 aliphatic carbocycles. The van der Waals surface area contributed by atoms with Gasteiger partial charge in [-0.3, -0.25) is 4.57 Å². The molecule has 17 nitrogen and oxygen atoms in total. The summed E-state index contributed by atoms with van der Waals surface area (Å²) in [6.45, 7) is 0.562.